The average molecular weight is 277 g/mol. The highest BCUT2D eigenvalue weighted by atomic mass is 32.2. The molecule has 1 rings (SSSR count). The lowest BCUT2D eigenvalue weighted by Crippen LogP contribution is -2.49. The van der Waals surface area contributed by atoms with Crippen molar-refractivity contribution >= 4 is 10.2 Å². The van der Waals surface area contributed by atoms with Crippen molar-refractivity contribution in [2.75, 3.05) is 33.2 Å². The zero-order chi connectivity index (χ0) is 13.8. The molecule has 1 aliphatic rings. The Labute approximate surface area is 112 Å². The van der Waals surface area contributed by atoms with Crippen LogP contribution in [0.1, 0.15) is 33.6 Å². The third-order valence-corrected chi connectivity index (χ3v) is 5.72. The number of hydrogen-bond donors (Lipinski definition) is 1. The molecule has 1 heterocycles. The standard InChI is InChI=1S/C12H27N3O2S/c1-5-13-9-12-7-6-8-15(10-12)18(16,17)14(4)11(2)3/h11-13H,5-10H2,1-4H3. The van der Waals surface area contributed by atoms with Crippen LogP contribution in [-0.2, 0) is 10.2 Å². The van der Waals surface area contributed by atoms with Gasteiger partial charge >= 0.3 is 0 Å². The molecule has 0 radical (unpaired) electrons. The Morgan fingerprint density at radius 2 is 2.11 bits per heavy atom. The largest absolute Gasteiger partial charge is 0.317 e. The van der Waals surface area contributed by atoms with Crippen molar-refractivity contribution in [2.24, 2.45) is 5.92 Å². The van der Waals surface area contributed by atoms with E-state index in [1.807, 2.05) is 13.8 Å². The summed E-state index contributed by atoms with van der Waals surface area (Å²) in [5.41, 5.74) is 0. The maximum Gasteiger partial charge on any atom is 0.281 e. The Morgan fingerprint density at radius 3 is 2.67 bits per heavy atom. The fourth-order valence-corrected chi connectivity index (χ4v) is 3.86. The molecule has 1 unspecified atom stereocenters. The lowest BCUT2D eigenvalue weighted by atomic mass is 10.00. The lowest BCUT2D eigenvalue weighted by molar-refractivity contribution is 0.242. The van der Waals surface area contributed by atoms with Crippen LogP contribution in [0.5, 0.6) is 0 Å². The van der Waals surface area contributed by atoms with E-state index >= 15 is 0 Å². The van der Waals surface area contributed by atoms with Crippen LogP contribution < -0.4 is 5.32 Å². The maximum absolute atomic E-state index is 12.4. The third kappa shape index (κ3) is 3.91. The summed E-state index contributed by atoms with van der Waals surface area (Å²) in [4.78, 5) is 0. The minimum Gasteiger partial charge on any atom is -0.317 e. The highest BCUT2D eigenvalue weighted by Gasteiger charge is 2.32. The summed E-state index contributed by atoms with van der Waals surface area (Å²) in [6.07, 6.45) is 2.08. The number of piperidine rings is 1. The fraction of sp³-hybridized carbons (Fsp3) is 1.00. The van der Waals surface area contributed by atoms with Gasteiger partial charge in [0.15, 0.2) is 0 Å². The van der Waals surface area contributed by atoms with Gasteiger partial charge in [0.05, 0.1) is 0 Å². The highest BCUT2D eigenvalue weighted by molar-refractivity contribution is 7.86. The summed E-state index contributed by atoms with van der Waals surface area (Å²) >= 11 is 0. The van der Waals surface area contributed by atoms with Gasteiger partial charge in [-0.15, -0.1) is 0 Å². The zero-order valence-electron chi connectivity index (χ0n) is 12.0. The van der Waals surface area contributed by atoms with Gasteiger partial charge in [0.1, 0.15) is 0 Å². The van der Waals surface area contributed by atoms with E-state index in [1.165, 1.54) is 4.31 Å². The first-order valence-electron chi connectivity index (χ1n) is 6.83. The minimum absolute atomic E-state index is 0.00384. The second-order valence-electron chi connectivity index (χ2n) is 5.29. The molecular formula is C12H27N3O2S. The molecular weight excluding hydrogens is 250 g/mol. The van der Waals surface area contributed by atoms with E-state index < -0.39 is 10.2 Å². The highest BCUT2D eigenvalue weighted by Crippen LogP contribution is 2.21. The molecule has 1 atom stereocenters. The Morgan fingerprint density at radius 1 is 1.44 bits per heavy atom. The molecule has 0 aliphatic carbocycles. The molecule has 1 aliphatic heterocycles. The van der Waals surface area contributed by atoms with Crippen LogP contribution in [0.15, 0.2) is 0 Å². The van der Waals surface area contributed by atoms with Crippen molar-refractivity contribution in [3.8, 4) is 0 Å². The summed E-state index contributed by atoms with van der Waals surface area (Å²) in [5.74, 6) is 0.439. The monoisotopic (exact) mass is 277 g/mol. The molecule has 0 amide bonds. The first-order chi connectivity index (χ1) is 8.39. The lowest BCUT2D eigenvalue weighted by Gasteiger charge is -2.35. The third-order valence-electron chi connectivity index (χ3n) is 3.58. The van der Waals surface area contributed by atoms with Crippen LogP contribution in [-0.4, -0.2) is 56.3 Å². The van der Waals surface area contributed by atoms with Crippen molar-refractivity contribution < 1.29 is 8.42 Å². The summed E-state index contributed by atoms with van der Waals surface area (Å²) in [6, 6.07) is 0.00384. The predicted molar refractivity (Wildman–Crippen MR) is 74.7 cm³/mol. The number of nitrogens with zero attached hydrogens (tertiary/aromatic N) is 2. The topological polar surface area (TPSA) is 52.7 Å². The van der Waals surface area contributed by atoms with Crippen LogP contribution in [0.25, 0.3) is 0 Å². The smallest absolute Gasteiger partial charge is 0.281 e. The fourth-order valence-electron chi connectivity index (χ4n) is 2.20. The van der Waals surface area contributed by atoms with Crippen molar-refractivity contribution in [1.29, 1.82) is 0 Å². The van der Waals surface area contributed by atoms with Crippen LogP contribution in [0.4, 0.5) is 0 Å². The molecule has 0 saturated carbocycles. The van der Waals surface area contributed by atoms with Gasteiger partial charge in [-0.25, -0.2) is 0 Å². The van der Waals surface area contributed by atoms with Crippen molar-refractivity contribution in [1.82, 2.24) is 13.9 Å². The van der Waals surface area contributed by atoms with E-state index in [9.17, 15) is 8.42 Å². The van der Waals surface area contributed by atoms with Crippen molar-refractivity contribution in [3.63, 3.8) is 0 Å². The molecule has 1 saturated heterocycles. The summed E-state index contributed by atoms with van der Waals surface area (Å²) in [7, 11) is -1.62. The van der Waals surface area contributed by atoms with Gasteiger partial charge in [-0.2, -0.15) is 17.0 Å². The van der Waals surface area contributed by atoms with Crippen molar-refractivity contribution in [2.45, 2.75) is 39.7 Å². The Bertz CT molecular complexity index is 343. The molecule has 0 aromatic rings. The summed E-state index contributed by atoms with van der Waals surface area (Å²) in [5, 5.41) is 3.31. The number of hydrogen-bond acceptors (Lipinski definition) is 3. The van der Waals surface area contributed by atoms with Gasteiger partial charge in [0.2, 0.25) is 0 Å². The van der Waals surface area contributed by atoms with E-state index in [0.29, 0.717) is 19.0 Å². The molecule has 6 heteroatoms. The van der Waals surface area contributed by atoms with Gasteiger partial charge in [-0.1, -0.05) is 6.92 Å². The molecule has 0 aromatic heterocycles. The van der Waals surface area contributed by atoms with Crippen LogP contribution in [0.3, 0.4) is 0 Å². The van der Waals surface area contributed by atoms with Gasteiger partial charge in [-0.3, -0.25) is 0 Å². The maximum atomic E-state index is 12.4. The zero-order valence-corrected chi connectivity index (χ0v) is 12.8. The average Bonchev–Trinajstić information content (AvgIpc) is 2.35. The van der Waals surface area contributed by atoms with E-state index in [2.05, 4.69) is 12.2 Å². The second kappa shape index (κ2) is 6.84. The van der Waals surface area contributed by atoms with Crippen molar-refractivity contribution in [3.05, 3.63) is 0 Å². The normalized spacial score (nSPS) is 22.9. The van der Waals surface area contributed by atoms with E-state index in [0.717, 1.165) is 25.9 Å². The number of nitrogens with one attached hydrogen (secondary N) is 1. The number of rotatable bonds is 6. The first kappa shape index (κ1) is 15.9. The van der Waals surface area contributed by atoms with Crippen LogP contribution in [0.2, 0.25) is 0 Å². The molecule has 108 valence electrons. The summed E-state index contributed by atoms with van der Waals surface area (Å²) < 4.78 is 27.9. The molecule has 1 fully saturated rings. The Balaban J connectivity index is 2.65. The molecule has 0 bridgehead atoms. The SMILES string of the molecule is CCNCC1CCCN(S(=O)(=O)N(C)C(C)C)C1. The molecule has 18 heavy (non-hydrogen) atoms. The van der Waals surface area contributed by atoms with E-state index in [1.54, 1.807) is 11.4 Å². The molecule has 0 aromatic carbocycles. The summed E-state index contributed by atoms with van der Waals surface area (Å²) in [6.45, 7) is 9.02. The van der Waals surface area contributed by atoms with Crippen LogP contribution in [0, 0.1) is 5.92 Å². The molecule has 1 N–H and O–H groups in total. The van der Waals surface area contributed by atoms with E-state index in [-0.39, 0.29) is 6.04 Å². The van der Waals surface area contributed by atoms with E-state index in [4.69, 9.17) is 0 Å². The second-order valence-corrected chi connectivity index (χ2v) is 7.28. The quantitative estimate of drug-likeness (QED) is 0.784. The molecule has 5 nitrogen and oxygen atoms in total. The molecule has 0 spiro atoms. The predicted octanol–water partition coefficient (Wildman–Crippen LogP) is 0.893. The Kier molecular flexibility index (Phi) is 6.04. The minimum atomic E-state index is -3.28. The van der Waals surface area contributed by atoms with Gasteiger partial charge in [0, 0.05) is 26.2 Å². The van der Waals surface area contributed by atoms with Gasteiger partial charge < -0.3 is 5.32 Å². The van der Waals surface area contributed by atoms with Gasteiger partial charge in [-0.05, 0) is 45.7 Å². The first-order valence-corrected chi connectivity index (χ1v) is 8.23. The van der Waals surface area contributed by atoms with Crippen LogP contribution >= 0.6 is 0 Å². The Hall–Kier alpha value is -0.170. The van der Waals surface area contributed by atoms with Gasteiger partial charge in [0.25, 0.3) is 10.2 Å².